The number of rotatable bonds is 6. The topological polar surface area (TPSA) is 102 Å². The maximum atomic E-state index is 12.4. The van der Waals surface area contributed by atoms with Crippen molar-refractivity contribution < 1.29 is 43.1 Å². The Balaban J connectivity index is 1.77. The van der Waals surface area contributed by atoms with Gasteiger partial charge in [0.05, 0.1) is 46.2 Å². The van der Waals surface area contributed by atoms with Gasteiger partial charge in [-0.2, -0.15) is 0 Å². The second-order valence-electron chi connectivity index (χ2n) is 22.3. The number of carboxylic acid groups (broad SMARTS) is 1. The Bertz CT molecular complexity index is 2310. The van der Waals surface area contributed by atoms with Gasteiger partial charge < -0.3 is 38.3 Å². The van der Waals surface area contributed by atoms with Crippen molar-refractivity contribution in [1.82, 2.24) is 0 Å². The zero-order valence-corrected chi connectivity index (χ0v) is 42.4. The van der Waals surface area contributed by atoms with Crippen molar-refractivity contribution in [3.05, 3.63) is 115 Å². The summed E-state index contributed by atoms with van der Waals surface area (Å²) >= 11 is 0. The standard InChI is InChI=1S/C57H78O9/c1-14-15-63-50-37-24-39-30-46(55(5,6)7)31-40-25-41-32-47(56(8,9)10)33-42(52(41)65-23-21-62-19-17-60-16-18-61-20-22-64-51(39)40)27-44-35-48(57(11,12)13)34-43(53(44)66-36-49(58)59)26-38(50)29-45(28-37)54(2,3)4/h28-35H,14-27,36H2,1-13H3,(H,58,59). The Hall–Kier alpha value is -4.57. The van der Waals surface area contributed by atoms with E-state index in [0.29, 0.717) is 90.9 Å². The maximum absolute atomic E-state index is 12.4. The van der Waals surface area contributed by atoms with Crippen LogP contribution in [0.1, 0.15) is 163 Å². The number of hydrogen-bond donors (Lipinski definition) is 1. The number of ether oxygens (including phenoxy) is 7. The second-order valence-corrected chi connectivity index (χ2v) is 22.3. The van der Waals surface area contributed by atoms with Gasteiger partial charge in [0.2, 0.25) is 0 Å². The summed E-state index contributed by atoms with van der Waals surface area (Å²) in [5.74, 6) is 2.03. The lowest BCUT2D eigenvalue weighted by Gasteiger charge is -2.29. The predicted octanol–water partition coefficient (Wildman–Crippen LogP) is 11.6. The van der Waals surface area contributed by atoms with Crippen LogP contribution in [-0.2, 0) is 66.3 Å². The van der Waals surface area contributed by atoms with Crippen LogP contribution in [-0.4, -0.2) is 77.1 Å². The van der Waals surface area contributed by atoms with Crippen molar-refractivity contribution in [3.8, 4) is 23.0 Å². The molecular formula is C57H78O9. The molecule has 66 heavy (non-hydrogen) atoms. The molecule has 0 saturated heterocycles. The van der Waals surface area contributed by atoms with Crippen LogP contribution in [0.5, 0.6) is 23.0 Å². The molecule has 0 fully saturated rings. The monoisotopic (exact) mass is 907 g/mol. The Morgan fingerprint density at radius 2 is 0.727 bits per heavy atom. The molecule has 0 radical (unpaired) electrons. The van der Waals surface area contributed by atoms with Gasteiger partial charge >= 0.3 is 5.97 Å². The van der Waals surface area contributed by atoms with E-state index in [-0.39, 0.29) is 21.7 Å². The van der Waals surface area contributed by atoms with Gasteiger partial charge in [0.1, 0.15) is 36.2 Å². The molecule has 0 saturated carbocycles. The van der Waals surface area contributed by atoms with Gasteiger partial charge in [0, 0.05) is 25.7 Å². The highest BCUT2D eigenvalue weighted by atomic mass is 16.6. The van der Waals surface area contributed by atoms with Crippen molar-refractivity contribution in [2.75, 3.05) is 66.1 Å². The van der Waals surface area contributed by atoms with E-state index in [4.69, 9.17) is 33.2 Å². The fraction of sp³-hybridized carbons (Fsp3) is 0.561. The van der Waals surface area contributed by atoms with Crippen molar-refractivity contribution >= 4 is 5.97 Å². The smallest absolute Gasteiger partial charge is 0.341 e. The maximum Gasteiger partial charge on any atom is 0.341 e. The fourth-order valence-corrected chi connectivity index (χ4v) is 8.65. The summed E-state index contributed by atoms with van der Waals surface area (Å²) in [5, 5.41) is 10.1. The number of carboxylic acids is 1. The minimum Gasteiger partial charge on any atom is -0.493 e. The van der Waals surface area contributed by atoms with Crippen LogP contribution in [0.3, 0.4) is 0 Å². The molecule has 9 nitrogen and oxygen atoms in total. The third-order valence-corrected chi connectivity index (χ3v) is 12.4. The summed E-state index contributed by atoms with van der Waals surface area (Å²) in [6.45, 7) is 32.5. The highest BCUT2D eigenvalue weighted by molar-refractivity contribution is 5.69. The van der Waals surface area contributed by atoms with E-state index >= 15 is 0 Å². The van der Waals surface area contributed by atoms with Gasteiger partial charge in [-0.05, 0) is 94.8 Å². The Labute approximate surface area is 395 Å². The average Bonchev–Trinajstić information content (AvgIpc) is 3.20. The number of hydrogen-bond acceptors (Lipinski definition) is 8. The highest BCUT2D eigenvalue weighted by Crippen LogP contribution is 2.44. The van der Waals surface area contributed by atoms with Crippen molar-refractivity contribution in [2.45, 2.75) is 144 Å². The summed E-state index contributed by atoms with van der Waals surface area (Å²) in [6, 6.07) is 18.3. The van der Waals surface area contributed by atoms with Crippen LogP contribution in [0.4, 0.5) is 0 Å². The van der Waals surface area contributed by atoms with Gasteiger partial charge in [-0.25, -0.2) is 4.79 Å². The van der Waals surface area contributed by atoms with Gasteiger partial charge in [0.25, 0.3) is 0 Å². The zero-order chi connectivity index (χ0) is 48.0. The summed E-state index contributed by atoms with van der Waals surface area (Å²) in [5.41, 5.74) is 12.0. The summed E-state index contributed by atoms with van der Waals surface area (Å²) in [7, 11) is 0. The molecule has 0 spiro atoms. The van der Waals surface area contributed by atoms with E-state index < -0.39 is 12.6 Å². The quantitative estimate of drug-likeness (QED) is 0.178. The third-order valence-electron chi connectivity index (χ3n) is 12.4. The molecule has 0 aromatic heterocycles. The SMILES string of the molecule is CCCOc1c2cc(C(C)(C)C)cc1Cc1cc(C(C)(C)C)cc(c1OCC(=O)O)Cc1cc(C(C)(C)C)cc3c1OCCOCCOCCOCCOc1c(cc(C(C)(C)C)cc1C3)C2. The lowest BCUT2D eigenvalue weighted by molar-refractivity contribution is -0.139. The summed E-state index contributed by atoms with van der Waals surface area (Å²) < 4.78 is 45.2. The first kappa shape index (κ1) is 50.8. The van der Waals surface area contributed by atoms with Crippen molar-refractivity contribution in [3.63, 3.8) is 0 Å². The van der Waals surface area contributed by atoms with E-state index in [1.54, 1.807) is 0 Å². The molecule has 10 bridgehead atoms. The van der Waals surface area contributed by atoms with Crippen LogP contribution in [0.15, 0.2) is 48.5 Å². The second kappa shape index (κ2) is 21.2. The lowest BCUT2D eigenvalue weighted by atomic mass is 9.79. The van der Waals surface area contributed by atoms with Gasteiger partial charge in [0.15, 0.2) is 6.61 Å². The van der Waals surface area contributed by atoms with Crippen molar-refractivity contribution in [2.24, 2.45) is 0 Å². The molecule has 4 aromatic rings. The predicted molar refractivity (Wildman–Crippen MR) is 264 cm³/mol. The fourth-order valence-electron chi connectivity index (χ4n) is 8.65. The van der Waals surface area contributed by atoms with E-state index in [2.05, 4.69) is 139 Å². The molecule has 1 heterocycles. The molecule has 0 unspecified atom stereocenters. The molecule has 360 valence electrons. The van der Waals surface area contributed by atoms with Crippen LogP contribution < -0.4 is 18.9 Å². The molecular weight excluding hydrogens is 829 g/mol. The Morgan fingerprint density at radius 3 is 1.03 bits per heavy atom. The van der Waals surface area contributed by atoms with Gasteiger partial charge in [-0.3, -0.25) is 0 Å². The largest absolute Gasteiger partial charge is 0.493 e. The Morgan fingerprint density at radius 1 is 0.455 bits per heavy atom. The van der Waals surface area contributed by atoms with Gasteiger partial charge in [-0.15, -0.1) is 0 Å². The highest BCUT2D eigenvalue weighted by Gasteiger charge is 2.30. The summed E-state index contributed by atoms with van der Waals surface area (Å²) in [4.78, 5) is 12.4. The molecule has 0 atom stereocenters. The first-order valence-corrected chi connectivity index (χ1v) is 24.1. The van der Waals surface area contributed by atoms with E-state index in [1.807, 2.05) is 0 Å². The first-order chi connectivity index (χ1) is 31.0. The van der Waals surface area contributed by atoms with Crippen LogP contribution in [0.2, 0.25) is 0 Å². The summed E-state index contributed by atoms with van der Waals surface area (Å²) in [6.07, 6.45) is 2.84. The normalized spacial score (nSPS) is 15.9. The van der Waals surface area contributed by atoms with Gasteiger partial charge in [-0.1, -0.05) is 139 Å². The molecule has 1 aliphatic heterocycles. The van der Waals surface area contributed by atoms with E-state index in [0.717, 1.165) is 73.7 Å². The van der Waals surface area contributed by atoms with E-state index in [9.17, 15) is 9.90 Å². The first-order valence-electron chi connectivity index (χ1n) is 24.1. The van der Waals surface area contributed by atoms with Crippen molar-refractivity contribution in [1.29, 1.82) is 0 Å². The molecule has 4 aromatic carbocycles. The minimum absolute atomic E-state index is 0.172. The zero-order valence-electron chi connectivity index (χ0n) is 42.4. The average molecular weight is 907 g/mol. The third kappa shape index (κ3) is 13.1. The Kier molecular flexibility index (Phi) is 16.3. The molecule has 0 amide bonds. The van der Waals surface area contributed by atoms with E-state index in [1.165, 1.54) is 16.7 Å². The number of fused-ring (bicyclic) bond motifs is 4. The molecule has 2 aliphatic rings. The molecule has 1 aliphatic carbocycles. The number of carbonyl (C=O) groups is 1. The lowest BCUT2D eigenvalue weighted by Crippen LogP contribution is -2.19. The molecule has 6 rings (SSSR count). The molecule has 9 heteroatoms. The number of benzene rings is 4. The number of aliphatic carboxylic acids is 1. The molecule has 1 N–H and O–H groups in total. The van der Waals surface area contributed by atoms with Crippen LogP contribution in [0.25, 0.3) is 0 Å². The van der Waals surface area contributed by atoms with Crippen LogP contribution in [0, 0.1) is 0 Å². The minimum atomic E-state index is -1.03. The van der Waals surface area contributed by atoms with Crippen LogP contribution >= 0.6 is 0 Å².